The molecule has 11 heteroatoms. The monoisotopic (exact) mass is 706 g/mol. The highest BCUT2D eigenvalue weighted by molar-refractivity contribution is 9.10. The normalized spacial score (nSPS) is 12.5. The van der Waals surface area contributed by atoms with E-state index in [4.69, 9.17) is 29.0 Å². The molecule has 0 radical (unpaired) electrons. The lowest BCUT2D eigenvalue weighted by Gasteiger charge is -2.44. The smallest absolute Gasteiger partial charge is 0.262 e. The third kappa shape index (κ3) is 6.48. The number of hydrogen-bond donors (Lipinski definition) is 1. The lowest BCUT2D eigenvalue weighted by Crippen LogP contribution is -2.67. The van der Waals surface area contributed by atoms with Crippen LogP contribution in [-0.2, 0) is 4.43 Å². The van der Waals surface area contributed by atoms with Crippen molar-refractivity contribution < 1.29 is 31.9 Å². The molecule has 1 aromatic heterocycles. The average molecular weight is 708 g/mol. The number of amides is 1. The van der Waals surface area contributed by atoms with Gasteiger partial charge in [-0.25, -0.2) is 13.8 Å². The Bertz CT molecular complexity index is 1770. The summed E-state index contributed by atoms with van der Waals surface area (Å²) in [6, 6.07) is 29.2. The Morgan fingerprint density at radius 3 is 2.04 bits per heavy atom. The zero-order valence-electron chi connectivity index (χ0n) is 25.7. The molecule has 1 atom stereocenters. The fraction of sp³-hybridized carbons (Fsp3) is 0.200. The number of oxazole rings is 1. The molecule has 1 heterocycles. The summed E-state index contributed by atoms with van der Waals surface area (Å²) < 4.78 is 54.5. The van der Waals surface area contributed by atoms with E-state index in [0.29, 0.717) is 27.6 Å². The summed E-state index contributed by atoms with van der Waals surface area (Å²) in [7, 11) is -1.64. The van der Waals surface area contributed by atoms with Crippen LogP contribution in [0, 0.1) is 11.6 Å². The zero-order chi connectivity index (χ0) is 33.1. The zero-order valence-corrected chi connectivity index (χ0v) is 28.3. The molecule has 238 valence electrons. The number of carbonyl (C=O) groups is 1. The quantitative estimate of drug-likeness (QED) is 0.146. The minimum absolute atomic E-state index is 0.265. The van der Waals surface area contributed by atoms with Gasteiger partial charge >= 0.3 is 0 Å². The van der Waals surface area contributed by atoms with E-state index in [1.165, 1.54) is 0 Å². The van der Waals surface area contributed by atoms with Gasteiger partial charge in [-0.2, -0.15) is 0 Å². The second-order valence-corrected chi connectivity index (χ2v) is 16.6. The summed E-state index contributed by atoms with van der Waals surface area (Å²) in [6.07, 6.45) is -0.932. The number of primary amides is 1. The Kier molecular flexibility index (Phi) is 9.76. The van der Waals surface area contributed by atoms with Crippen molar-refractivity contribution in [1.29, 1.82) is 0 Å². The van der Waals surface area contributed by atoms with Crippen LogP contribution in [0.5, 0.6) is 11.5 Å². The maximum Gasteiger partial charge on any atom is 0.262 e. The van der Waals surface area contributed by atoms with Gasteiger partial charge in [-0.1, -0.05) is 81.4 Å². The summed E-state index contributed by atoms with van der Waals surface area (Å²) in [5, 5.41) is 1.57. The first-order valence-corrected chi connectivity index (χ1v) is 17.2. The number of methoxy groups -OCH3 is 1. The van der Waals surface area contributed by atoms with E-state index in [0.717, 1.165) is 22.5 Å². The van der Waals surface area contributed by atoms with Gasteiger partial charge in [-0.05, 0) is 67.7 Å². The molecule has 7 nitrogen and oxygen atoms in total. The molecule has 2 N–H and O–H groups in total. The van der Waals surface area contributed by atoms with Gasteiger partial charge in [0, 0.05) is 5.56 Å². The maximum absolute atomic E-state index is 15.3. The van der Waals surface area contributed by atoms with E-state index in [1.807, 2.05) is 72.8 Å². The van der Waals surface area contributed by atoms with Crippen molar-refractivity contribution in [1.82, 2.24) is 4.98 Å². The Morgan fingerprint density at radius 2 is 1.52 bits per heavy atom. The summed E-state index contributed by atoms with van der Waals surface area (Å²) in [5.41, 5.74) is 5.43. The summed E-state index contributed by atoms with van der Waals surface area (Å²) >= 11 is 3.54. The van der Waals surface area contributed by atoms with Crippen molar-refractivity contribution in [2.75, 3.05) is 13.7 Å². The first-order chi connectivity index (χ1) is 22.0. The lowest BCUT2D eigenvalue weighted by atomic mass is 10.1. The molecule has 0 aliphatic carbocycles. The highest BCUT2D eigenvalue weighted by Gasteiger charge is 2.52. The van der Waals surface area contributed by atoms with Crippen molar-refractivity contribution in [3.63, 3.8) is 0 Å². The van der Waals surface area contributed by atoms with Gasteiger partial charge in [-0.15, -0.1) is 0 Å². The molecule has 1 unspecified atom stereocenters. The van der Waals surface area contributed by atoms with Crippen LogP contribution in [0.15, 0.2) is 106 Å². The first kappa shape index (κ1) is 33.1. The number of carbonyl (C=O) groups excluding carboxylic acids is 1. The molecule has 1 amide bonds. The number of benzene rings is 4. The number of rotatable bonds is 11. The minimum Gasteiger partial charge on any atom is -0.497 e. The van der Waals surface area contributed by atoms with Crippen molar-refractivity contribution >= 4 is 40.5 Å². The molecule has 5 rings (SSSR count). The highest BCUT2D eigenvalue weighted by Crippen LogP contribution is 2.42. The fourth-order valence-corrected chi connectivity index (χ4v) is 10.6. The molecule has 5 aromatic rings. The van der Waals surface area contributed by atoms with E-state index in [9.17, 15) is 9.18 Å². The predicted molar refractivity (Wildman–Crippen MR) is 178 cm³/mol. The van der Waals surface area contributed by atoms with Crippen molar-refractivity contribution in [3.8, 4) is 23.0 Å². The highest BCUT2D eigenvalue weighted by atomic mass is 79.9. The lowest BCUT2D eigenvalue weighted by molar-refractivity contribution is 0.0986. The van der Waals surface area contributed by atoms with Crippen LogP contribution in [0.25, 0.3) is 11.5 Å². The molecule has 0 fully saturated rings. The standard InChI is InChI=1S/C35H33BrF2N2O5Si/c1-35(2,3)46(24-11-7-5-8-12-24,25-13-9-6-10-14-25)45-28(21-43-27-20-19-26(37)29(30(27)38)33(39)41)31-32(36)44-34(40-31)22-15-17-23(42-4)18-16-22/h5-20,28H,21H2,1-4H3,(H2,39,41). The predicted octanol–water partition coefficient (Wildman–Crippen LogP) is 7.19. The molecule has 0 saturated carbocycles. The van der Waals surface area contributed by atoms with E-state index in [-0.39, 0.29) is 12.4 Å². The van der Waals surface area contributed by atoms with Gasteiger partial charge in [0.25, 0.3) is 14.2 Å². The number of nitrogens with zero attached hydrogens (tertiary/aromatic N) is 1. The van der Waals surface area contributed by atoms with Crippen molar-refractivity contribution in [2.45, 2.75) is 31.9 Å². The molecule has 46 heavy (non-hydrogen) atoms. The van der Waals surface area contributed by atoms with Crippen molar-refractivity contribution in [3.05, 3.63) is 125 Å². The maximum atomic E-state index is 15.3. The van der Waals surface area contributed by atoms with Crippen molar-refractivity contribution in [2.24, 2.45) is 5.73 Å². The summed E-state index contributed by atoms with van der Waals surface area (Å²) in [6.45, 7) is 6.10. The van der Waals surface area contributed by atoms with Crippen LogP contribution in [0.4, 0.5) is 8.78 Å². The largest absolute Gasteiger partial charge is 0.497 e. The van der Waals surface area contributed by atoms with E-state index >= 15 is 4.39 Å². The van der Waals surface area contributed by atoms with Crippen LogP contribution in [0.3, 0.4) is 0 Å². The number of nitrogens with two attached hydrogens (primary N) is 1. The fourth-order valence-electron chi connectivity index (χ4n) is 5.48. The van der Waals surface area contributed by atoms with Crippen LogP contribution < -0.4 is 25.6 Å². The SMILES string of the molecule is COc1ccc(-c2nc(C(COc3ccc(F)c(C(N)=O)c3F)O[Si](c3ccccc3)(c3ccccc3)C(C)(C)C)c(Br)o2)cc1. The topological polar surface area (TPSA) is 96.8 Å². The Hall–Kier alpha value is -4.32. The molecule has 0 aliphatic rings. The van der Waals surface area contributed by atoms with Crippen LogP contribution >= 0.6 is 15.9 Å². The number of ether oxygens (including phenoxy) is 2. The molecular weight excluding hydrogens is 674 g/mol. The van der Waals surface area contributed by atoms with E-state index < -0.39 is 42.6 Å². The Morgan fingerprint density at radius 1 is 0.935 bits per heavy atom. The third-order valence-electron chi connectivity index (χ3n) is 7.68. The van der Waals surface area contributed by atoms with Gasteiger partial charge in [0.05, 0.1) is 7.11 Å². The van der Waals surface area contributed by atoms with Crippen LogP contribution in [0.2, 0.25) is 5.04 Å². The Balaban J connectivity index is 1.66. The molecule has 0 spiro atoms. The second kappa shape index (κ2) is 13.6. The molecule has 0 saturated heterocycles. The average Bonchev–Trinajstić information content (AvgIpc) is 3.43. The van der Waals surface area contributed by atoms with Gasteiger partial charge in [0.2, 0.25) is 5.89 Å². The molecule has 0 bridgehead atoms. The molecule has 4 aromatic carbocycles. The summed E-state index contributed by atoms with van der Waals surface area (Å²) in [5.74, 6) is -2.90. The van der Waals surface area contributed by atoms with E-state index in [1.54, 1.807) is 19.2 Å². The minimum atomic E-state index is -3.22. The van der Waals surface area contributed by atoms with Gasteiger partial charge in [-0.3, -0.25) is 4.79 Å². The summed E-state index contributed by atoms with van der Waals surface area (Å²) in [4.78, 5) is 16.6. The Labute approximate surface area is 275 Å². The van der Waals surface area contributed by atoms with Gasteiger partial charge < -0.3 is 24.1 Å². The second-order valence-electron chi connectivity index (χ2n) is 11.6. The van der Waals surface area contributed by atoms with Gasteiger partial charge in [0.1, 0.15) is 35.5 Å². The molecular formula is C35H33BrF2N2O5Si. The van der Waals surface area contributed by atoms with Gasteiger partial charge in [0.15, 0.2) is 16.2 Å². The molecule has 0 aliphatic heterocycles. The third-order valence-corrected chi connectivity index (χ3v) is 13.3. The number of halogens is 3. The van der Waals surface area contributed by atoms with E-state index in [2.05, 4.69) is 36.7 Å². The number of hydrogen-bond acceptors (Lipinski definition) is 6. The van der Waals surface area contributed by atoms with Crippen LogP contribution in [-0.4, -0.2) is 32.9 Å². The van der Waals surface area contributed by atoms with Crippen LogP contribution in [0.1, 0.15) is 42.9 Å². The number of aromatic nitrogens is 1. The first-order valence-electron chi connectivity index (χ1n) is 14.5.